The lowest BCUT2D eigenvalue weighted by Gasteiger charge is -2.08. The van der Waals surface area contributed by atoms with Gasteiger partial charge in [-0.1, -0.05) is 0 Å². The molecule has 0 atom stereocenters. The number of amides is 2. The van der Waals surface area contributed by atoms with Gasteiger partial charge in [-0.15, -0.1) is 11.8 Å². The molecule has 0 saturated carbocycles. The van der Waals surface area contributed by atoms with Crippen LogP contribution in [-0.4, -0.2) is 30.5 Å². The lowest BCUT2D eigenvalue weighted by Crippen LogP contribution is -2.29. The molecule has 1 rings (SSSR count). The lowest BCUT2D eigenvalue weighted by molar-refractivity contribution is 0.249. The first-order chi connectivity index (χ1) is 8.17. The third-order valence-electron chi connectivity index (χ3n) is 2.03. The maximum absolute atomic E-state index is 13.4. The van der Waals surface area contributed by atoms with E-state index in [0.29, 0.717) is 23.5 Å². The molecule has 0 heterocycles. The van der Waals surface area contributed by atoms with Gasteiger partial charge in [-0.2, -0.15) is 0 Å². The maximum Gasteiger partial charge on any atom is 0.319 e. The summed E-state index contributed by atoms with van der Waals surface area (Å²) >= 11 is 1.31. The van der Waals surface area contributed by atoms with Crippen molar-refractivity contribution >= 4 is 23.5 Å². The van der Waals surface area contributed by atoms with E-state index in [1.807, 2.05) is 0 Å². The smallest absolute Gasteiger partial charge is 0.319 e. The quantitative estimate of drug-likeness (QED) is 0.559. The van der Waals surface area contributed by atoms with Crippen molar-refractivity contribution in [3.8, 4) is 0 Å². The van der Waals surface area contributed by atoms with Gasteiger partial charge in [0.2, 0.25) is 0 Å². The van der Waals surface area contributed by atoms with Gasteiger partial charge in [0.05, 0.1) is 0 Å². The number of thioether (sulfide) groups is 1. The highest BCUT2D eigenvalue weighted by atomic mass is 32.2. The van der Waals surface area contributed by atoms with Crippen molar-refractivity contribution in [2.24, 2.45) is 0 Å². The van der Waals surface area contributed by atoms with Crippen LogP contribution in [0.25, 0.3) is 0 Å². The average Bonchev–Trinajstić information content (AvgIpc) is 2.29. The number of aliphatic hydroxyl groups excluding tert-OH is 1. The Morgan fingerprint density at radius 3 is 2.88 bits per heavy atom. The lowest BCUT2D eigenvalue weighted by atomic mass is 10.3. The molecule has 17 heavy (non-hydrogen) atoms. The van der Waals surface area contributed by atoms with Crippen LogP contribution in [-0.2, 0) is 0 Å². The fraction of sp³-hybridized carbons (Fsp3) is 0.364. The molecule has 0 bridgehead atoms. The number of carbonyl (C=O) groups excluding carboxylic acids is 1. The number of carbonyl (C=O) groups is 1. The number of urea groups is 1. The fourth-order valence-electron chi connectivity index (χ4n) is 1.20. The van der Waals surface area contributed by atoms with Gasteiger partial charge in [-0.3, -0.25) is 0 Å². The van der Waals surface area contributed by atoms with Crippen molar-refractivity contribution in [1.29, 1.82) is 0 Å². The molecule has 0 aliphatic carbocycles. The zero-order valence-corrected chi connectivity index (χ0v) is 10.3. The first-order valence-electron chi connectivity index (χ1n) is 5.16. The number of anilines is 1. The summed E-state index contributed by atoms with van der Waals surface area (Å²) in [6.45, 7) is 0.408. The van der Waals surface area contributed by atoms with Crippen molar-refractivity contribution in [3.05, 3.63) is 24.0 Å². The van der Waals surface area contributed by atoms with Crippen molar-refractivity contribution < 1.29 is 14.3 Å². The molecule has 4 nitrogen and oxygen atoms in total. The molecule has 0 radical (unpaired) electrons. The summed E-state index contributed by atoms with van der Waals surface area (Å²) in [5, 5.41) is 13.6. The average molecular weight is 258 g/mol. The van der Waals surface area contributed by atoms with Crippen LogP contribution in [0.3, 0.4) is 0 Å². The molecule has 0 spiro atoms. The number of hydrogen-bond acceptors (Lipinski definition) is 3. The molecule has 94 valence electrons. The molecule has 1 aromatic rings. The van der Waals surface area contributed by atoms with E-state index in [2.05, 4.69) is 10.6 Å². The molecule has 1 aromatic carbocycles. The second-order valence-corrected chi connectivity index (χ2v) is 4.16. The number of nitrogens with one attached hydrogen (secondary N) is 2. The minimum atomic E-state index is -0.408. The van der Waals surface area contributed by atoms with E-state index in [0.717, 1.165) is 0 Å². The van der Waals surface area contributed by atoms with Gasteiger partial charge in [-0.25, -0.2) is 9.18 Å². The summed E-state index contributed by atoms with van der Waals surface area (Å²) in [6.07, 6.45) is 2.28. The fourth-order valence-corrected chi connectivity index (χ4v) is 1.66. The summed E-state index contributed by atoms with van der Waals surface area (Å²) in [6, 6.07) is 4.12. The van der Waals surface area contributed by atoms with Crippen LogP contribution in [0.5, 0.6) is 0 Å². The standard InChI is InChI=1S/C11H15FN2O2S/c1-17-10-4-3-8(7-9(10)12)14-11(16)13-5-2-6-15/h3-4,7,15H,2,5-6H2,1H3,(H2,13,14,16). The van der Waals surface area contributed by atoms with Crippen LogP contribution in [0.4, 0.5) is 14.9 Å². The van der Waals surface area contributed by atoms with E-state index in [9.17, 15) is 9.18 Å². The number of aliphatic hydroxyl groups is 1. The van der Waals surface area contributed by atoms with Crippen LogP contribution in [0, 0.1) is 5.82 Å². The Kier molecular flexibility index (Phi) is 5.79. The predicted octanol–water partition coefficient (Wildman–Crippen LogP) is 2.05. The van der Waals surface area contributed by atoms with Gasteiger partial charge in [0.25, 0.3) is 0 Å². The Hall–Kier alpha value is -1.27. The van der Waals surface area contributed by atoms with Crippen LogP contribution < -0.4 is 10.6 Å². The third-order valence-corrected chi connectivity index (χ3v) is 2.80. The van der Waals surface area contributed by atoms with E-state index in [-0.39, 0.29) is 12.4 Å². The van der Waals surface area contributed by atoms with Crippen LogP contribution in [0.15, 0.2) is 23.1 Å². The van der Waals surface area contributed by atoms with Gasteiger partial charge in [-0.05, 0) is 30.9 Å². The molecular formula is C11H15FN2O2S. The van der Waals surface area contributed by atoms with Gasteiger partial charge < -0.3 is 15.7 Å². The monoisotopic (exact) mass is 258 g/mol. The SMILES string of the molecule is CSc1ccc(NC(=O)NCCCO)cc1F. The zero-order valence-electron chi connectivity index (χ0n) is 9.50. The first kappa shape index (κ1) is 13.8. The van der Waals surface area contributed by atoms with E-state index >= 15 is 0 Å². The molecular weight excluding hydrogens is 243 g/mol. The predicted molar refractivity (Wildman–Crippen MR) is 66.9 cm³/mol. The third kappa shape index (κ3) is 4.62. The highest BCUT2D eigenvalue weighted by molar-refractivity contribution is 7.98. The maximum atomic E-state index is 13.4. The topological polar surface area (TPSA) is 61.4 Å². The highest BCUT2D eigenvalue weighted by Gasteiger charge is 2.05. The first-order valence-corrected chi connectivity index (χ1v) is 6.39. The molecule has 0 aromatic heterocycles. The minimum absolute atomic E-state index is 0.0251. The second-order valence-electron chi connectivity index (χ2n) is 3.31. The Morgan fingerprint density at radius 1 is 1.53 bits per heavy atom. The normalized spacial score (nSPS) is 10.1. The molecule has 2 amide bonds. The molecule has 6 heteroatoms. The van der Waals surface area contributed by atoms with Crippen molar-refractivity contribution in [3.63, 3.8) is 0 Å². The number of rotatable bonds is 5. The van der Waals surface area contributed by atoms with Gasteiger partial charge in [0, 0.05) is 23.7 Å². The van der Waals surface area contributed by atoms with Gasteiger partial charge in [0.15, 0.2) is 0 Å². The van der Waals surface area contributed by atoms with Gasteiger partial charge >= 0.3 is 6.03 Å². The molecule has 0 aliphatic rings. The summed E-state index contributed by atoms with van der Waals surface area (Å²) in [5.74, 6) is -0.356. The Morgan fingerprint density at radius 2 is 2.29 bits per heavy atom. The van der Waals surface area contributed by atoms with E-state index in [4.69, 9.17) is 5.11 Å². The van der Waals surface area contributed by atoms with Gasteiger partial charge in [0.1, 0.15) is 5.82 Å². The number of benzene rings is 1. The summed E-state index contributed by atoms with van der Waals surface area (Å²) in [4.78, 5) is 11.9. The van der Waals surface area contributed by atoms with E-state index in [1.54, 1.807) is 18.4 Å². The molecule has 0 saturated heterocycles. The molecule has 0 aliphatic heterocycles. The summed E-state index contributed by atoms with van der Waals surface area (Å²) < 4.78 is 13.4. The van der Waals surface area contributed by atoms with Crippen molar-refractivity contribution in [2.45, 2.75) is 11.3 Å². The number of hydrogen-bond donors (Lipinski definition) is 3. The molecule has 3 N–H and O–H groups in total. The summed E-state index contributed by atoms with van der Waals surface area (Å²) in [5.41, 5.74) is 0.404. The Bertz CT molecular complexity index is 388. The Balaban J connectivity index is 2.51. The second kappa shape index (κ2) is 7.13. The minimum Gasteiger partial charge on any atom is -0.396 e. The van der Waals surface area contributed by atoms with Crippen LogP contribution in [0.2, 0.25) is 0 Å². The van der Waals surface area contributed by atoms with E-state index in [1.165, 1.54) is 17.8 Å². The van der Waals surface area contributed by atoms with Crippen molar-refractivity contribution in [2.75, 3.05) is 24.7 Å². The molecule has 0 unspecified atom stereocenters. The van der Waals surface area contributed by atoms with Crippen LogP contribution in [0.1, 0.15) is 6.42 Å². The molecule has 0 fully saturated rings. The number of halogens is 1. The van der Waals surface area contributed by atoms with E-state index < -0.39 is 6.03 Å². The van der Waals surface area contributed by atoms with Crippen LogP contribution >= 0.6 is 11.8 Å². The highest BCUT2D eigenvalue weighted by Crippen LogP contribution is 2.22. The summed E-state index contributed by atoms with van der Waals surface area (Å²) in [7, 11) is 0. The largest absolute Gasteiger partial charge is 0.396 e. The Labute approximate surface area is 104 Å². The van der Waals surface area contributed by atoms with Crippen molar-refractivity contribution in [1.82, 2.24) is 5.32 Å². The zero-order chi connectivity index (χ0) is 12.7.